The second kappa shape index (κ2) is 10.1. The average Bonchev–Trinajstić information content (AvgIpc) is 3.54. The molecule has 0 aliphatic heterocycles. The molecular weight excluding hydrogens is 569 g/mol. The molecule has 0 N–H and O–H groups in total. The van der Waals surface area contributed by atoms with Crippen LogP contribution < -0.4 is 0 Å². The topological polar surface area (TPSA) is 17.3 Å². The molecule has 0 spiro atoms. The van der Waals surface area contributed by atoms with Gasteiger partial charge in [0, 0.05) is 10.8 Å². The van der Waals surface area contributed by atoms with Gasteiger partial charge in [-0.15, -0.1) is 0 Å². The van der Waals surface area contributed by atoms with Crippen molar-refractivity contribution in [2.75, 3.05) is 0 Å². The van der Waals surface area contributed by atoms with Crippen LogP contribution in [0.15, 0.2) is 170 Å². The highest BCUT2D eigenvalue weighted by Crippen LogP contribution is 2.45. The molecule has 47 heavy (non-hydrogen) atoms. The van der Waals surface area contributed by atoms with Crippen molar-refractivity contribution in [3.8, 4) is 33.4 Å². The van der Waals surface area contributed by atoms with Crippen LogP contribution in [0.5, 0.6) is 0 Å². The Bertz CT molecular complexity index is 2830. The van der Waals surface area contributed by atoms with Crippen LogP contribution >= 0.6 is 0 Å². The molecule has 2 heteroatoms. The summed E-state index contributed by atoms with van der Waals surface area (Å²) < 4.78 is 2.32. The lowest BCUT2D eigenvalue weighted by Crippen LogP contribution is -1.93. The second-order valence-electron chi connectivity index (χ2n) is 12.3. The molecule has 8 aromatic carbocycles. The summed E-state index contributed by atoms with van der Waals surface area (Å²) in [5.74, 6) is 0. The highest BCUT2D eigenvalue weighted by molar-refractivity contribution is 6.22. The third kappa shape index (κ3) is 3.89. The van der Waals surface area contributed by atoms with Crippen LogP contribution in [0.1, 0.15) is 0 Å². The predicted octanol–water partition coefficient (Wildman–Crippen LogP) is 12.1. The zero-order valence-electron chi connectivity index (χ0n) is 25.6. The first kappa shape index (κ1) is 26.0. The summed E-state index contributed by atoms with van der Waals surface area (Å²) >= 11 is 0. The maximum atomic E-state index is 5.07. The molecule has 10 rings (SSSR count). The van der Waals surface area contributed by atoms with Crippen molar-refractivity contribution in [2.45, 2.75) is 0 Å². The van der Waals surface area contributed by atoms with Gasteiger partial charge in [0.15, 0.2) is 0 Å². The SMILES string of the molecule is c1ccc(-c2c3ccccc3c(-c3ccccc3)c3cc(-c4ccc5c(c4)c4ccccc4c4nc6ccccc6n54)ccc23)cc1. The lowest BCUT2D eigenvalue weighted by molar-refractivity contribution is 1.31. The molecule has 0 bridgehead atoms. The van der Waals surface area contributed by atoms with E-state index in [9.17, 15) is 0 Å². The number of imidazole rings is 1. The molecule has 218 valence electrons. The molecular formula is C45H28N2. The Morgan fingerprint density at radius 3 is 1.53 bits per heavy atom. The lowest BCUT2D eigenvalue weighted by Gasteiger charge is -2.19. The molecule has 0 fully saturated rings. The molecule has 0 saturated heterocycles. The van der Waals surface area contributed by atoms with Crippen LogP contribution in [-0.4, -0.2) is 9.38 Å². The van der Waals surface area contributed by atoms with E-state index in [-0.39, 0.29) is 0 Å². The first-order valence-electron chi connectivity index (χ1n) is 16.1. The van der Waals surface area contributed by atoms with Crippen LogP contribution in [0.4, 0.5) is 0 Å². The van der Waals surface area contributed by atoms with Crippen LogP contribution in [0.3, 0.4) is 0 Å². The molecule has 0 amide bonds. The highest BCUT2D eigenvalue weighted by atomic mass is 15.0. The highest BCUT2D eigenvalue weighted by Gasteiger charge is 2.18. The number of nitrogens with zero attached hydrogens (tertiary/aromatic N) is 2. The summed E-state index contributed by atoms with van der Waals surface area (Å²) in [6, 6.07) is 61.6. The van der Waals surface area contributed by atoms with Crippen molar-refractivity contribution >= 4 is 59.9 Å². The standard InChI is InChI=1S/C45H28N2/c1-3-13-29(14-4-1)43-34-18-8-9-19-35(34)44(30-15-5-2-6-16-30)39-28-31(23-25-36(39)43)32-24-26-41-38(27-32)33-17-7-10-20-37(33)45-46-40-21-11-12-22-42(40)47(41)45/h1-28H. The fraction of sp³-hybridized carbons (Fsp3) is 0. The fourth-order valence-electron chi connectivity index (χ4n) is 7.68. The monoisotopic (exact) mass is 596 g/mol. The maximum Gasteiger partial charge on any atom is 0.146 e. The Kier molecular flexibility index (Phi) is 5.61. The number of rotatable bonds is 3. The molecule has 2 aromatic heterocycles. The minimum atomic E-state index is 1.00. The van der Waals surface area contributed by atoms with Crippen molar-refractivity contribution < 1.29 is 0 Å². The van der Waals surface area contributed by atoms with Crippen molar-refractivity contribution in [3.63, 3.8) is 0 Å². The van der Waals surface area contributed by atoms with E-state index in [1.165, 1.54) is 71.2 Å². The number of benzene rings is 8. The van der Waals surface area contributed by atoms with Gasteiger partial charge in [-0.3, -0.25) is 4.40 Å². The van der Waals surface area contributed by atoms with Gasteiger partial charge >= 0.3 is 0 Å². The van der Waals surface area contributed by atoms with Crippen LogP contribution in [-0.2, 0) is 0 Å². The van der Waals surface area contributed by atoms with Crippen LogP contribution in [0.25, 0.3) is 93.3 Å². The first-order chi connectivity index (χ1) is 23.3. The summed E-state index contributed by atoms with van der Waals surface area (Å²) in [5.41, 5.74) is 11.7. The molecule has 10 aromatic rings. The van der Waals surface area contributed by atoms with E-state index < -0.39 is 0 Å². The fourth-order valence-corrected chi connectivity index (χ4v) is 7.68. The molecule has 0 saturated carbocycles. The number of hydrogen-bond donors (Lipinski definition) is 0. The van der Waals surface area contributed by atoms with Gasteiger partial charge in [0.05, 0.1) is 16.6 Å². The predicted molar refractivity (Wildman–Crippen MR) is 199 cm³/mol. The maximum absolute atomic E-state index is 5.07. The summed E-state index contributed by atoms with van der Waals surface area (Å²) in [6.07, 6.45) is 0. The average molecular weight is 597 g/mol. The van der Waals surface area contributed by atoms with E-state index in [1.807, 2.05) is 0 Å². The molecule has 2 heterocycles. The summed E-state index contributed by atoms with van der Waals surface area (Å²) in [6.45, 7) is 0. The Morgan fingerprint density at radius 1 is 0.319 bits per heavy atom. The van der Waals surface area contributed by atoms with Crippen LogP contribution in [0, 0.1) is 0 Å². The number of fused-ring (bicyclic) bond motifs is 10. The van der Waals surface area contributed by atoms with Crippen molar-refractivity contribution in [3.05, 3.63) is 170 Å². The van der Waals surface area contributed by atoms with Gasteiger partial charge in [-0.25, -0.2) is 4.98 Å². The largest absolute Gasteiger partial charge is 0.292 e. The summed E-state index contributed by atoms with van der Waals surface area (Å²) in [5, 5.41) is 8.66. The third-order valence-electron chi connectivity index (χ3n) is 9.74. The molecule has 0 aliphatic rings. The quantitative estimate of drug-likeness (QED) is 0.146. The molecule has 2 nitrogen and oxygen atoms in total. The minimum Gasteiger partial charge on any atom is -0.292 e. The van der Waals surface area contributed by atoms with Crippen molar-refractivity contribution in [1.82, 2.24) is 9.38 Å². The normalized spacial score (nSPS) is 11.8. The summed E-state index contributed by atoms with van der Waals surface area (Å²) in [7, 11) is 0. The van der Waals surface area contributed by atoms with E-state index in [0.717, 1.165) is 22.1 Å². The van der Waals surface area contributed by atoms with Gasteiger partial charge in [0.1, 0.15) is 5.65 Å². The van der Waals surface area contributed by atoms with E-state index in [2.05, 4.69) is 174 Å². The Labute approximate surface area is 271 Å². The number of hydrogen-bond acceptors (Lipinski definition) is 1. The van der Waals surface area contributed by atoms with Gasteiger partial charge in [-0.1, -0.05) is 140 Å². The number of aromatic nitrogens is 2. The molecule has 0 atom stereocenters. The number of para-hydroxylation sites is 2. The summed E-state index contributed by atoms with van der Waals surface area (Å²) in [4.78, 5) is 5.07. The molecule has 0 radical (unpaired) electrons. The van der Waals surface area contributed by atoms with Gasteiger partial charge in [-0.05, 0) is 90.6 Å². The smallest absolute Gasteiger partial charge is 0.146 e. The van der Waals surface area contributed by atoms with Gasteiger partial charge in [0.2, 0.25) is 0 Å². The zero-order chi connectivity index (χ0) is 30.9. The molecule has 0 unspecified atom stereocenters. The van der Waals surface area contributed by atoms with Crippen molar-refractivity contribution in [1.29, 1.82) is 0 Å². The second-order valence-corrected chi connectivity index (χ2v) is 12.3. The lowest BCUT2D eigenvalue weighted by atomic mass is 9.85. The Hall–Kier alpha value is -6.25. The number of pyridine rings is 1. The van der Waals surface area contributed by atoms with Gasteiger partial charge in [-0.2, -0.15) is 0 Å². The van der Waals surface area contributed by atoms with E-state index in [0.29, 0.717) is 0 Å². The Morgan fingerprint density at radius 2 is 0.830 bits per heavy atom. The zero-order valence-corrected chi connectivity index (χ0v) is 25.6. The molecule has 0 aliphatic carbocycles. The first-order valence-corrected chi connectivity index (χ1v) is 16.1. The third-order valence-corrected chi connectivity index (χ3v) is 9.74. The van der Waals surface area contributed by atoms with E-state index in [1.54, 1.807) is 0 Å². The minimum absolute atomic E-state index is 1.00. The van der Waals surface area contributed by atoms with E-state index in [4.69, 9.17) is 4.98 Å². The van der Waals surface area contributed by atoms with E-state index >= 15 is 0 Å². The van der Waals surface area contributed by atoms with Crippen molar-refractivity contribution in [2.24, 2.45) is 0 Å². The van der Waals surface area contributed by atoms with Crippen LogP contribution in [0.2, 0.25) is 0 Å². The van der Waals surface area contributed by atoms with Gasteiger partial charge in [0.25, 0.3) is 0 Å². The Balaban J connectivity index is 1.30. The van der Waals surface area contributed by atoms with Gasteiger partial charge < -0.3 is 0 Å².